The van der Waals surface area contributed by atoms with E-state index in [-0.39, 0.29) is 44.5 Å². The molecule has 15 heteroatoms. The lowest BCUT2D eigenvalue weighted by Crippen LogP contribution is -2.40. The Balaban J connectivity index is 1.54. The molecule has 4 rings (SSSR count). The van der Waals surface area contributed by atoms with E-state index in [2.05, 4.69) is 5.43 Å². The maximum absolute atomic E-state index is 13.2. The van der Waals surface area contributed by atoms with Gasteiger partial charge in [0.05, 0.1) is 22.6 Å². The molecular formula is C22H12F6N2O4S3. The number of hydrogen-bond acceptors (Lipinski definition) is 7. The fourth-order valence-electron chi connectivity index (χ4n) is 3.18. The third kappa shape index (κ3) is 6.06. The van der Waals surface area contributed by atoms with E-state index in [0.29, 0.717) is 17.0 Å². The van der Waals surface area contributed by atoms with Gasteiger partial charge in [0.25, 0.3) is 5.91 Å². The predicted molar refractivity (Wildman–Crippen MR) is 127 cm³/mol. The number of alkyl halides is 6. The molecule has 2 N–H and O–H groups in total. The van der Waals surface area contributed by atoms with Crippen LogP contribution < -0.4 is 5.43 Å². The summed E-state index contributed by atoms with van der Waals surface area (Å²) in [6.07, 6.45) is -8.52. The topological polar surface area (TPSA) is 82.8 Å². The van der Waals surface area contributed by atoms with Crippen molar-refractivity contribution in [2.24, 2.45) is 0 Å². The summed E-state index contributed by atoms with van der Waals surface area (Å²) in [5.74, 6) is -1.85. The van der Waals surface area contributed by atoms with Crippen LogP contribution in [0.1, 0.15) is 32.3 Å². The summed E-state index contributed by atoms with van der Waals surface area (Å²) in [5.41, 5.74) is -0.285. The minimum absolute atomic E-state index is 0.0484. The maximum atomic E-state index is 13.2. The number of rotatable bonds is 6. The van der Waals surface area contributed by atoms with Gasteiger partial charge in [-0.3, -0.25) is 4.79 Å². The van der Waals surface area contributed by atoms with Gasteiger partial charge in [-0.05, 0) is 59.0 Å². The summed E-state index contributed by atoms with van der Waals surface area (Å²) in [5, 5.41) is 11.3. The molecule has 3 aromatic rings. The van der Waals surface area contributed by atoms with Gasteiger partial charge in [0.2, 0.25) is 5.76 Å². The van der Waals surface area contributed by atoms with Gasteiger partial charge in [0.1, 0.15) is 5.76 Å². The van der Waals surface area contributed by atoms with Gasteiger partial charge in [-0.2, -0.15) is 26.3 Å². The highest BCUT2D eigenvalue weighted by Gasteiger charge is 2.37. The van der Waals surface area contributed by atoms with Crippen molar-refractivity contribution in [2.75, 3.05) is 0 Å². The minimum Gasteiger partial charge on any atom is -0.475 e. The molecule has 37 heavy (non-hydrogen) atoms. The molecule has 0 radical (unpaired) electrons. The molecule has 0 aliphatic carbocycles. The number of carboxylic acids is 1. The summed E-state index contributed by atoms with van der Waals surface area (Å²) in [6, 6.07) is 5.36. The van der Waals surface area contributed by atoms with Crippen LogP contribution in [0.3, 0.4) is 0 Å². The van der Waals surface area contributed by atoms with Crippen molar-refractivity contribution >= 4 is 57.6 Å². The van der Waals surface area contributed by atoms with Crippen LogP contribution >= 0.6 is 35.3 Å². The van der Waals surface area contributed by atoms with Crippen LogP contribution in [0.25, 0.3) is 17.2 Å². The number of carbonyl (C=O) groups is 2. The highest BCUT2D eigenvalue weighted by molar-refractivity contribution is 8.26. The molecule has 1 aliphatic rings. The standard InChI is InChI=1S/C22H12F6N2O4S3/c23-21(24,25)12-3-10(4-13(6-12)22(26,27)28)11-5-15(36-9-11)7-17-18(31)30(20(35)37-17)29-8-14-1-2-16(34-14)19(32)33/h1-7,9,29H,8H2,(H,32,33). The number of carbonyl (C=O) groups excluding carboxylic acids is 1. The van der Waals surface area contributed by atoms with Gasteiger partial charge in [-0.25, -0.2) is 15.2 Å². The Morgan fingerprint density at radius 1 is 1.05 bits per heavy atom. The molecule has 0 unspecified atom stereocenters. The number of hydrazine groups is 1. The van der Waals surface area contributed by atoms with Gasteiger partial charge in [0, 0.05) is 4.88 Å². The second-order valence-electron chi connectivity index (χ2n) is 7.46. The first kappa shape index (κ1) is 26.9. The van der Waals surface area contributed by atoms with Gasteiger partial charge in [-0.1, -0.05) is 24.0 Å². The van der Waals surface area contributed by atoms with Crippen LogP contribution in [0.5, 0.6) is 0 Å². The first-order valence-electron chi connectivity index (χ1n) is 9.94. The van der Waals surface area contributed by atoms with Crippen LogP contribution in [0.2, 0.25) is 0 Å². The minimum atomic E-state index is -4.97. The van der Waals surface area contributed by atoms with E-state index >= 15 is 0 Å². The van der Waals surface area contributed by atoms with Crippen molar-refractivity contribution in [3.05, 3.63) is 74.2 Å². The van der Waals surface area contributed by atoms with Gasteiger partial charge >= 0.3 is 18.3 Å². The molecule has 0 saturated carbocycles. The quantitative estimate of drug-likeness (QED) is 0.193. The zero-order valence-corrected chi connectivity index (χ0v) is 20.4. The largest absolute Gasteiger partial charge is 0.475 e. The summed E-state index contributed by atoms with van der Waals surface area (Å²) >= 11 is 7.13. The SMILES string of the molecule is O=C(O)c1ccc(CNN2C(=O)C(=Cc3cc(-c4cc(C(F)(F)F)cc(C(F)(F)F)c4)cs3)SC2=S)o1. The Kier molecular flexibility index (Phi) is 7.25. The highest BCUT2D eigenvalue weighted by atomic mass is 32.2. The van der Waals surface area contributed by atoms with Crippen LogP contribution in [-0.2, 0) is 23.7 Å². The molecule has 1 aromatic carbocycles. The van der Waals surface area contributed by atoms with Crippen molar-refractivity contribution in [1.29, 1.82) is 0 Å². The lowest BCUT2D eigenvalue weighted by Gasteiger charge is -2.14. The van der Waals surface area contributed by atoms with E-state index in [1.165, 1.54) is 29.7 Å². The molecule has 1 aliphatic heterocycles. The number of benzene rings is 1. The number of carboxylic acid groups (broad SMARTS) is 1. The number of nitrogens with one attached hydrogen (secondary N) is 1. The summed E-state index contributed by atoms with van der Waals surface area (Å²) in [7, 11) is 0. The number of thiocarbonyl (C=S) groups is 1. The highest BCUT2D eigenvalue weighted by Crippen LogP contribution is 2.40. The van der Waals surface area contributed by atoms with Crippen LogP contribution in [0, 0.1) is 0 Å². The Bertz CT molecular complexity index is 1390. The van der Waals surface area contributed by atoms with Crippen molar-refractivity contribution in [3.63, 3.8) is 0 Å². The number of hydrogen-bond donors (Lipinski definition) is 2. The number of nitrogens with zero attached hydrogens (tertiary/aromatic N) is 1. The fourth-order valence-corrected chi connectivity index (χ4v) is 5.31. The van der Waals surface area contributed by atoms with E-state index in [4.69, 9.17) is 21.7 Å². The monoisotopic (exact) mass is 578 g/mol. The second kappa shape index (κ2) is 9.96. The molecule has 2 aromatic heterocycles. The number of amides is 1. The molecule has 0 atom stereocenters. The van der Waals surface area contributed by atoms with Crippen LogP contribution in [0.4, 0.5) is 26.3 Å². The van der Waals surface area contributed by atoms with E-state index in [1.54, 1.807) is 0 Å². The summed E-state index contributed by atoms with van der Waals surface area (Å²) in [6.45, 7) is -0.0484. The summed E-state index contributed by atoms with van der Waals surface area (Å²) < 4.78 is 84.3. The van der Waals surface area contributed by atoms with Crippen molar-refractivity contribution in [3.8, 4) is 11.1 Å². The average molecular weight is 579 g/mol. The first-order valence-corrected chi connectivity index (χ1v) is 12.0. The number of thioether (sulfide) groups is 1. The van der Waals surface area contributed by atoms with Crippen molar-refractivity contribution < 1.29 is 45.5 Å². The molecule has 1 amide bonds. The number of halogens is 6. The molecule has 0 bridgehead atoms. The van der Waals surface area contributed by atoms with Crippen LogP contribution in [0.15, 0.2) is 51.1 Å². The van der Waals surface area contributed by atoms with E-state index in [0.717, 1.165) is 28.1 Å². The van der Waals surface area contributed by atoms with E-state index < -0.39 is 35.4 Å². The van der Waals surface area contributed by atoms with Gasteiger partial charge in [0.15, 0.2) is 4.32 Å². The number of furan rings is 1. The Labute approximate surface area is 217 Å². The predicted octanol–water partition coefficient (Wildman–Crippen LogP) is 6.65. The van der Waals surface area contributed by atoms with Crippen molar-refractivity contribution in [2.45, 2.75) is 18.9 Å². The molecular weight excluding hydrogens is 566 g/mol. The zero-order chi connectivity index (χ0) is 27.1. The Morgan fingerprint density at radius 3 is 2.27 bits per heavy atom. The average Bonchev–Trinajstić information content (AvgIpc) is 3.52. The normalized spacial score (nSPS) is 15.7. The molecule has 0 spiro atoms. The number of thiophene rings is 1. The van der Waals surface area contributed by atoms with E-state index in [9.17, 15) is 35.9 Å². The lowest BCUT2D eigenvalue weighted by molar-refractivity contribution is -0.143. The molecule has 6 nitrogen and oxygen atoms in total. The van der Waals surface area contributed by atoms with Crippen molar-refractivity contribution in [1.82, 2.24) is 10.4 Å². The Morgan fingerprint density at radius 2 is 1.70 bits per heavy atom. The van der Waals surface area contributed by atoms with Crippen LogP contribution in [-0.4, -0.2) is 26.3 Å². The smallest absolute Gasteiger partial charge is 0.416 e. The summed E-state index contributed by atoms with van der Waals surface area (Å²) in [4.78, 5) is 24.2. The van der Waals surface area contributed by atoms with Gasteiger partial charge in [-0.15, -0.1) is 11.3 Å². The van der Waals surface area contributed by atoms with E-state index in [1.807, 2.05) is 0 Å². The fraction of sp³-hybridized carbons (Fsp3) is 0.136. The third-order valence-electron chi connectivity index (χ3n) is 4.89. The maximum Gasteiger partial charge on any atom is 0.416 e. The third-order valence-corrected chi connectivity index (χ3v) is 7.07. The van der Waals surface area contributed by atoms with Gasteiger partial charge < -0.3 is 9.52 Å². The Hall–Kier alpha value is -3.14. The molecule has 1 fully saturated rings. The lowest BCUT2D eigenvalue weighted by atomic mass is 10.0. The zero-order valence-electron chi connectivity index (χ0n) is 17.9. The molecule has 194 valence electrons. The number of aromatic carboxylic acids is 1. The molecule has 3 heterocycles. The second-order valence-corrected chi connectivity index (χ2v) is 10.1. The molecule has 1 saturated heterocycles. The first-order chi connectivity index (χ1) is 17.2.